The number of nitrogens with zero attached hydrogens (tertiary/aromatic N) is 5. The second kappa shape index (κ2) is 18.3. The van der Waals surface area contributed by atoms with E-state index in [0.717, 1.165) is 51.9 Å². The lowest BCUT2D eigenvalue weighted by Gasteiger charge is -2.33. The van der Waals surface area contributed by atoms with E-state index in [-0.39, 0.29) is 28.6 Å². The van der Waals surface area contributed by atoms with Crippen molar-refractivity contribution >= 4 is 55.3 Å². The fourth-order valence-electron chi connectivity index (χ4n) is 8.42. The molecule has 1 aliphatic heterocycles. The molecule has 9 rings (SSSR count). The highest BCUT2D eigenvalue weighted by Crippen LogP contribution is 2.46. The molecular formula is C49H45FN8O6S. The summed E-state index contributed by atoms with van der Waals surface area (Å²) in [6.45, 7) is 2.01. The molecule has 16 heteroatoms. The van der Waals surface area contributed by atoms with E-state index in [9.17, 15) is 29.0 Å². The number of aryl methyl sites for hydroxylation is 1. The average molecular weight is 893 g/mol. The second-order valence-corrected chi connectivity index (χ2v) is 17.2. The number of unbranched alkanes of at least 4 members (excludes halogenated alkanes) is 2. The number of benzene rings is 5. The van der Waals surface area contributed by atoms with Crippen molar-refractivity contribution in [1.29, 1.82) is 0 Å². The van der Waals surface area contributed by atoms with E-state index in [2.05, 4.69) is 35.8 Å². The summed E-state index contributed by atoms with van der Waals surface area (Å²) in [5.74, 6) is 0.307. The molecule has 0 aliphatic carbocycles. The number of likely N-dealkylation sites (N-methyl/N-ethyl adjacent to an activating group) is 1. The number of halogens is 1. The van der Waals surface area contributed by atoms with Gasteiger partial charge in [-0.15, -0.1) is 11.3 Å². The molecule has 1 amide bonds. The molecule has 0 saturated heterocycles. The first kappa shape index (κ1) is 42.9. The maximum atomic E-state index is 14.7. The zero-order chi connectivity index (χ0) is 45.2. The first-order valence-electron chi connectivity index (χ1n) is 21.2. The van der Waals surface area contributed by atoms with Crippen LogP contribution in [-0.2, 0) is 11.8 Å². The largest absolute Gasteiger partial charge is 0.508 e. The number of hydrogen-bond donors (Lipinski definition) is 5. The number of anilines is 2. The number of aromatic nitrogens is 5. The van der Waals surface area contributed by atoms with Crippen molar-refractivity contribution in [3.05, 3.63) is 154 Å². The van der Waals surface area contributed by atoms with Crippen molar-refractivity contribution in [2.24, 2.45) is 7.05 Å². The molecule has 0 saturated carbocycles. The van der Waals surface area contributed by atoms with Crippen LogP contribution in [0.1, 0.15) is 70.6 Å². The highest BCUT2D eigenvalue weighted by atomic mass is 32.1. The Kier molecular flexibility index (Phi) is 12.1. The number of hydrogen-bond acceptors (Lipinski definition) is 12. The van der Waals surface area contributed by atoms with Crippen LogP contribution in [0.5, 0.6) is 17.2 Å². The van der Waals surface area contributed by atoms with Crippen molar-refractivity contribution in [1.82, 2.24) is 29.9 Å². The van der Waals surface area contributed by atoms with Crippen molar-refractivity contribution < 1.29 is 28.9 Å². The second-order valence-electron chi connectivity index (χ2n) is 16.2. The van der Waals surface area contributed by atoms with Crippen LogP contribution >= 0.6 is 11.3 Å². The number of amides is 1. The first-order chi connectivity index (χ1) is 31.5. The molecule has 0 fully saturated rings. The van der Waals surface area contributed by atoms with Crippen LogP contribution in [0, 0.1) is 5.82 Å². The van der Waals surface area contributed by atoms with Gasteiger partial charge in [-0.05, 0) is 129 Å². The number of ether oxygens (including phenoxy) is 1. The molecule has 3 aromatic heterocycles. The fraction of sp³-hybridized carbons (Fsp3) is 0.224. The standard InChI is InChI=1S/C49H45FN8O6S/c1-57(22-23-64-35-18-11-29(12-19-35)46(62)42-36-20-17-34(60)26-39(36)65-47(42)30-9-15-33(59)16-10-30)21-5-3-4-6-40(61)53-32-13-7-28(8-14-32)44-43(48-51-27-52-58(48)2)45-41-37(49(63)56-55-45)24-31(50)25-38(41)54-44/h7-20,24-27,43-44,54,59-60H,3-6,21-23H2,1-2H3,(H,53,61)(H,56,63)/t43-,44-/m1/s1. The molecular weight excluding hydrogens is 848 g/mol. The number of phenols is 2. The van der Waals surface area contributed by atoms with Gasteiger partial charge in [0, 0.05) is 62.9 Å². The zero-order valence-electron chi connectivity index (χ0n) is 35.5. The third kappa shape index (κ3) is 9.03. The first-order valence-corrected chi connectivity index (χ1v) is 22.1. The van der Waals surface area contributed by atoms with Gasteiger partial charge in [-0.3, -0.25) is 19.1 Å². The minimum Gasteiger partial charge on any atom is -0.508 e. The minimum absolute atomic E-state index is 0.0778. The normalized spacial score (nSPS) is 14.5. The average Bonchev–Trinajstić information content (AvgIpc) is 3.90. The predicted octanol–water partition coefficient (Wildman–Crippen LogP) is 8.52. The summed E-state index contributed by atoms with van der Waals surface area (Å²) in [5.41, 5.74) is 3.89. The molecule has 1 aliphatic rings. The molecule has 5 aromatic carbocycles. The number of aromatic amines is 1. The number of nitrogens with one attached hydrogen (secondary N) is 3. The Balaban J connectivity index is 0.728. The molecule has 5 N–H and O–H groups in total. The summed E-state index contributed by atoms with van der Waals surface area (Å²) in [4.78, 5) is 46.9. The van der Waals surface area contributed by atoms with Gasteiger partial charge in [-0.25, -0.2) is 14.5 Å². The molecule has 14 nitrogen and oxygen atoms in total. The van der Waals surface area contributed by atoms with Crippen LogP contribution in [0.2, 0.25) is 0 Å². The van der Waals surface area contributed by atoms with Crippen LogP contribution in [0.25, 0.3) is 31.3 Å². The Morgan fingerprint density at radius 2 is 1.68 bits per heavy atom. The molecule has 0 unspecified atom stereocenters. The minimum atomic E-state index is -0.540. The third-order valence-corrected chi connectivity index (χ3v) is 12.9. The van der Waals surface area contributed by atoms with E-state index in [0.29, 0.717) is 64.7 Å². The van der Waals surface area contributed by atoms with E-state index < -0.39 is 23.3 Å². The number of fused-ring (bicyclic) bond motifs is 1. The molecule has 0 spiro atoms. The Labute approximate surface area is 376 Å². The fourth-order valence-corrected chi connectivity index (χ4v) is 9.65. The number of thiophene rings is 1. The van der Waals surface area contributed by atoms with Crippen molar-refractivity contribution in [2.45, 2.75) is 37.6 Å². The number of H-pyrrole nitrogens is 1. The van der Waals surface area contributed by atoms with Crippen LogP contribution < -0.4 is 20.9 Å². The Morgan fingerprint density at radius 1 is 0.908 bits per heavy atom. The van der Waals surface area contributed by atoms with E-state index in [1.807, 2.05) is 31.3 Å². The van der Waals surface area contributed by atoms with Crippen LogP contribution in [-0.4, -0.2) is 78.5 Å². The van der Waals surface area contributed by atoms with Gasteiger partial charge in [-0.1, -0.05) is 18.6 Å². The quantitative estimate of drug-likeness (QED) is 0.0462. The molecule has 0 radical (unpaired) electrons. The molecule has 8 aromatic rings. The summed E-state index contributed by atoms with van der Waals surface area (Å²) in [5, 5.41) is 39.0. The van der Waals surface area contributed by atoms with Crippen molar-refractivity contribution in [3.63, 3.8) is 0 Å². The smallest absolute Gasteiger partial charge is 0.272 e. The number of rotatable bonds is 16. The highest BCUT2D eigenvalue weighted by Gasteiger charge is 2.38. The Morgan fingerprint density at radius 3 is 2.43 bits per heavy atom. The summed E-state index contributed by atoms with van der Waals surface area (Å²) < 4.78 is 23.1. The molecule has 2 atom stereocenters. The lowest BCUT2D eigenvalue weighted by Crippen LogP contribution is -2.30. The van der Waals surface area contributed by atoms with E-state index in [1.54, 1.807) is 78.5 Å². The van der Waals surface area contributed by atoms with Gasteiger partial charge in [0.15, 0.2) is 5.78 Å². The van der Waals surface area contributed by atoms with Crippen LogP contribution in [0.3, 0.4) is 0 Å². The van der Waals surface area contributed by atoms with Crippen LogP contribution in [0.4, 0.5) is 15.8 Å². The molecule has 330 valence electrons. The number of ketones is 1. The van der Waals surface area contributed by atoms with E-state index >= 15 is 0 Å². The monoisotopic (exact) mass is 892 g/mol. The van der Waals surface area contributed by atoms with Gasteiger partial charge in [-0.2, -0.15) is 10.2 Å². The van der Waals surface area contributed by atoms with Crippen molar-refractivity contribution in [2.75, 3.05) is 37.4 Å². The molecule has 0 bridgehead atoms. The Bertz CT molecular complexity index is 3100. The third-order valence-electron chi connectivity index (χ3n) is 11.7. The van der Waals surface area contributed by atoms with Gasteiger partial charge in [0.25, 0.3) is 5.56 Å². The lowest BCUT2D eigenvalue weighted by molar-refractivity contribution is -0.116. The van der Waals surface area contributed by atoms with Gasteiger partial charge in [0.2, 0.25) is 5.91 Å². The predicted molar refractivity (Wildman–Crippen MR) is 249 cm³/mol. The van der Waals surface area contributed by atoms with Gasteiger partial charge < -0.3 is 30.5 Å². The van der Waals surface area contributed by atoms with Gasteiger partial charge >= 0.3 is 0 Å². The van der Waals surface area contributed by atoms with Crippen LogP contribution in [0.15, 0.2) is 114 Å². The maximum absolute atomic E-state index is 14.7. The SMILES string of the molecule is CN(CCCCCC(=O)Nc1ccc([C@H]2Nc3cc(F)cc4c(=O)[nH]nc(c34)[C@@H]2c2ncnn2C)cc1)CCOc1ccc(C(=O)c2c(-c3ccc(O)cc3)sc3cc(O)ccc23)cc1. The molecule has 4 heterocycles. The summed E-state index contributed by atoms with van der Waals surface area (Å²) in [6, 6.07) is 28.4. The van der Waals surface area contributed by atoms with E-state index in [1.165, 1.54) is 29.8 Å². The summed E-state index contributed by atoms with van der Waals surface area (Å²) in [6.07, 6.45) is 4.38. The topological polar surface area (TPSA) is 188 Å². The van der Waals surface area contributed by atoms with E-state index in [4.69, 9.17) is 4.74 Å². The maximum Gasteiger partial charge on any atom is 0.272 e. The zero-order valence-corrected chi connectivity index (χ0v) is 36.4. The highest BCUT2D eigenvalue weighted by molar-refractivity contribution is 7.22. The summed E-state index contributed by atoms with van der Waals surface area (Å²) in [7, 11) is 3.81. The van der Waals surface area contributed by atoms with Gasteiger partial charge in [0.1, 0.15) is 41.8 Å². The van der Waals surface area contributed by atoms with Gasteiger partial charge in [0.05, 0.1) is 23.0 Å². The number of carbonyl (C=O) groups is 2. The number of carbonyl (C=O) groups excluding carboxylic acids is 2. The number of aromatic hydroxyl groups is 2. The van der Waals surface area contributed by atoms with Crippen molar-refractivity contribution in [3.8, 4) is 27.7 Å². The Hall–Kier alpha value is -7.43. The summed E-state index contributed by atoms with van der Waals surface area (Å²) >= 11 is 1.42. The lowest BCUT2D eigenvalue weighted by atomic mass is 9.83. The molecule has 65 heavy (non-hydrogen) atoms. The number of phenolic OH excluding ortho intramolecular Hbond substituents is 2.